The molecule has 0 saturated carbocycles. The minimum absolute atomic E-state index is 0.187. The minimum atomic E-state index is -0.871. The lowest BCUT2D eigenvalue weighted by molar-refractivity contribution is -0.138. The number of urea groups is 1. The quantitative estimate of drug-likeness (QED) is 0.737. The topological polar surface area (TPSA) is 95.7 Å². The largest absolute Gasteiger partial charge is 0.394 e. The van der Waals surface area contributed by atoms with Crippen LogP contribution in [0.5, 0.6) is 0 Å². The van der Waals surface area contributed by atoms with E-state index in [4.69, 9.17) is 5.73 Å². The van der Waals surface area contributed by atoms with Crippen LogP contribution in [0.2, 0.25) is 0 Å². The van der Waals surface area contributed by atoms with Crippen LogP contribution in [-0.4, -0.2) is 41.1 Å². The first-order valence-electron chi connectivity index (χ1n) is 6.29. The van der Waals surface area contributed by atoms with Gasteiger partial charge in [0.2, 0.25) is 5.91 Å². The molecule has 20 heavy (non-hydrogen) atoms. The Morgan fingerprint density at radius 2 is 1.90 bits per heavy atom. The number of nitrogens with one attached hydrogen (secondary N) is 1. The maximum absolute atomic E-state index is 12.5. The molecule has 0 heterocycles. The second-order valence-electron chi connectivity index (χ2n) is 5.22. The first-order valence-corrected chi connectivity index (χ1v) is 6.29. The number of primary amides is 1. The van der Waals surface area contributed by atoms with Crippen molar-refractivity contribution in [1.29, 1.82) is 0 Å². The highest BCUT2D eigenvalue weighted by Crippen LogP contribution is 2.20. The lowest BCUT2D eigenvalue weighted by Crippen LogP contribution is -2.52. The summed E-state index contributed by atoms with van der Waals surface area (Å²) < 4.78 is 0. The van der Waals surface area contributed by atoms with Crippen molar-refractivity contribution in [1.82, 2.24) is 10.2 Å². The highest BCUT2D eigenvalue weighted by atomic mass is 16.3. The average Bonchev–Trinajstić information content (AvgIpc) is 2.44. The van der Waals surface area contributed by atoms with Gasteiger partial charge in [0, 0.05) is 7.05 Å². The van der Waals surface area contributed by atoms with Crippen LogP contribution in [0.25, 0.3) is 0 Å². The van der Waals surface area contributed by atoms with Crippen molar-refractivity contribution in [2.24, 2.45) is 5.73 Å². The Labute approximate surface area is 118 Å². The van der Waals surface area contributed by atoms with E-state index in [1.807, 2.05) is 6.07 Å². The maximum atomic E-state index is 12.5. The molecule has 110 valence electrons. The number of nitrogens with two attached hydrogens (primary N) is 1. The number of amides is 3. The fraction of sp³-hybridized carbons (Fsp3) is 0.429. The van der Waals surface area contributed by atoms with E-state index in [0.29, 0.717) is 5.56 Å². The lowest BCUT2D eigenvalue weighted by Gasteiger charge is -2.36. The van der Waals surface area contributed by atoms with Gasteiger partial charge in [-0.15, -0.1) is 0 Å². The van der Waals surface area contributed by atoms with Gasteiger partial charge in [0.1, 0.15) is 6.04 Å². The van der Waals surface area contributed by atoms with Gasteiger partial charge in [-0.1, -0.05) is 30.3 Å². The molecular weight excluding hydrogens is 258 g/mol. The molecule has 0 aromatic heterocycles. The monoisotopic (exact) mass is 279 g/mol. The zero-order valence-electron chi connectivity index (χ0n) is 12.0. The first-order chi connectivity index (χ1) is 9.29. The predicted octanol–water partition coefficient (Wildman–Crippen LogP) is 0.625. The van der Waals surface area contributed by atoms with Crippen LogP contribution in [0.15, 0.2) is 30.3 Å². The summed E-state index contributed by atoms with van der Waals surface area (Å²) in [5.74, 6) is -0.339. The zero-order chi connectivity index (χ0) is 15.3. The Morgan fingerprint density at radius 3 is 2.35 bits per heavy atom. The van der Waals surface area contributed by atoms with Crippen LogP contribution in [0.1, 0.15) is 25.5 Å². The second-order valence-corrected chi connectivity index (χ2v) is 5.22. The van der Waals surface area contributed by atoms with Crippen LogP contribution in [-0.2, 0) is 4.79 Å². The van der Waals surface area contributed by atoms with Crippen LogP contribution >= 0.6 is 0 Å². The summed E-state index contributed by atoms with van der Waals surface area (Å²) in [4.78, 5) is 25.1. The molecule has 0 fully saturated rings. The lowest BCUT2D eigenvalue weighted by atomic mass is 10.0. The molecule has 3 amide bonds. The standard InChI is InChI=1S/C14H21N3O3/c1-14(2,9-18)17(3)12(19)11(16-13(15)20)10-7-5-4-6-8-10/h4-8,11,18H,9H2,1-3H3,(H3,15,16,20). The molecule has 1 unspecified atom stereocenters. The Morgan fingerprint density at radius 1 is 1.35 bits per heavy atom. The van der Waals surface area contributed by atoms with Crippen molar-refractivity contribution < 1.29 is 14.7 Å². The molecule has 0 bridgehead atoms. The van der Waals surface area contributed by atoms with E-state index in [0.717, 1.165) is 0 Å². The summed E-state index contributed by atoms with van der Waals surface area (Å²) in [5.41, 5.74) is 5.04. The van der Waals surface area contributed by atoms with E-state index >= 15 is 0 Å². The van der Waals surface area contributed by atoms with Crippen LogP contribution in [0, 0.1) is 0 Å². The van der Waals surface area contributed by atoms with Crippen molar-refractivity contribution in [3.05, 3.63) is 35.9 Å². The van der Waals surface area contributed by atoms with Crippen molar-refractivity contribution >= 4 is 11.9 Å². The number of rotatable bonds is 5. The van der Waals surface area contributed by atoms with Gasteiger partial charge in [0.15, 0.2) is 0 Å². The van der Waals surface area contributed by atoms with Gasteiger partial charge in [0.05, 0.1) is 12.1 Å². The predicted molar refractivity (Wildman–Crippen MR) is 75.8 cm³/mol. The van der Waals surface area contributed by atoms with Crippen molar-refractivity contribution in [3.8, 4) is 0 Å². The van der Waals surface area contributed by atoms with Crippen molar-refractivity contribution in [2.75, 3.05) is 13.7 Å². The third kappa shape index (κ3) is 3.71. The molecule has 1 atom stereocenters. The van der Waals surface area contributed by atoms with Gasteiger partial charge in [0.25, 0.3) is 0 Å². The summed E-state index contributed by atoms with van der Waals surface area (Å²) in [6.07, 6.45) is 0. The number of hydrogen-bond donors (Lipinski definition) is 3. The van der Waals surface area contributed by atoms with Gasteiger partial charge in [-0.05, 0) is 19.4 Å². The molecule has 6 heteroatoms. The molecule has 0 aliphatic carbocycles. The normalized spacial score (nSPS) is 12.6. The molecule has 0 spiro atoms. The highest BCUT2D eigenvalue weighted by Gasteiger charge is 2.32. The smallest absolute Gasteiger partial charge is 0.313 e. The SMILES string of the molecule is CN(C(=O)C(NC(N)=O)c1ccccc1)C(C)(C)CO. The van der Waals surface area contributed by atoms with Gasteiger partial charge in [-0.2, -0.15) is 0 Å². The number of aliphatic hydroxyl groups is 1. The number of aliphatic hydroxyl groups excluding tert-OH is 1. The van der Waals surface area contributed by atoms with Crippen molar-refractivity contribution in [2.45, 2.75) is 25.4 Å². The van der Waals surface area contributed by atoms with Gasteiger partial charge in [-0.25, -0.2) is 4.79 Å². The molecule has 1 aromatic rings. The third-order valence-corrected chi connectivity index (χ3v) is 3.29. The Hall–Kier alpha value is -2.08. The summed E-state index contributed by atoms with van der Waals surface area (Å²) in [5, 5.41) is 11.8. The minimum Gasteiger partial charge on any atom is -0.394 e. The number of hydrogen-bond acceptors (Lipinski definition) is 3. The average molecular weight is 279 g/mol. The molecule has 0 radical (unpaired) electrons. The van der Waals surface area contributed by atoms with Crippen molar-refractivity contribution in [3.63, 3.8) is 0 Å². The molecule has 0 aliphatic rings. The van der Waals surface area contributed by atoms with Crippen LogP contribution < -0.4 is 11.1 Å². The van der Waals surface area contributed by atoms with Gasteiger partial charge in [-0.3, -0.25) is 4.79 Å². The van der Waals surface area contributed by atoms with E-state index in [1.165, 1.54) is 4.90 Å². The molecule has 6 nitrogen and oxygen atoms in total. The second kappa shape index (κ2) is 6.38. The van der Waals surface area contributed by atoms with Gasteiger partial charge < -0.3 is 21.1 Å². The highest BCUT2D eigenvalue weighted by molar-refractivity contribution is 5.88. The molecule has 1 rings (SSSR count). The maximum Gasteiger partial charge on any atom is 0.313 e. The number of benzene rings is 1. The molecule has 4 N–H and O–H groups in total. The summed E-state index contributed by atoms with van der Waals surface area (Å²) in [6.45, 7) is 3.28. The van der Waals surface area contributed by atoms with Crippen LogP contribution in [0.4, 0.5) is 4.79 Å². The van der Waals surface area contributed by atoms with E-state index in [1.54, 1.807) is 45.2 Å². The Balaban J connectivity index is 3.06. The summed E-state index contributed by atoms with van der Waals surface area (Å²) in [6, 6.07) is 7.19. The first kappa shape index (κ1) is 16.0. The number of carbonyl (C=O) groups is 2. The van der Waals surface area contributed by atoms with E-state index in [9.17, 15) is 14.7 Å². The molecular formula is C14H21N3O3. The molecule has 0 aliphatic heterocycles. The summed E-state index contributed by atoms with van der Waals surface area (Å²) in [7, 11) is 1.58. The van der Waals surface area contributed by atoms with E-state index in [-0.39, 0.29) is 12.5 Å². The van der Waals surface area contributed by atoms with Gasteiger partial charge >= 0.3 is 6.03 Å². The summed E-state index contributed by atoms with van der Waals surface area (Å²) >= 11 is 0. The number of carbonyl (C=O) groups excluding carboxylic acids is 2. The number of likely N-dealkylation sites (N-methyl/N-ethyl adjacent to an activating group) is 1. The fourth-order valence-electron chi connectivity index (χ4n) is 1.67. The Kier molecular flexibility index (Phi) is 5.10. The zero-order valence-corrected chi connectivity index (χ0v) is 12.0. The van der Waals surface area contributed by atoms with E-state index in [2.05, 4.69) is 5.32 Å². The van der Waals surface area contributed by atoms with Crippen LogP contribution in [0.3, 0.4) is 0 Å². The van der Waals surface area contributed by atoms with E-state index < -0.39 is 17.6 Å². The molecule has 0 saturated heterocycles. The molecule has 1 aromatic carbocycles. The third-order valence-electron chi connectivity index (χ3n) is 3.29. The Bertz CT molecular complexity index is 474. The fourth-order valence-corrected chi connectivity index (χ4v) is 1.67. The number of nitrogens with zero attached hydrogens (tertiary/aromatic N) is 1.